The van der Waals surface area contributed by atoms with E-state index in [1.165, 1.54) is 11.3 Å². The number of benzene rings is 1. The summed E-state index contributed by atoms with van der Waals surface area (Å²) < 4.78 is 5.16. The number of thiazole rings is 1. The Kier molecular flexibility index (Phi) is 4.85. The van der Waals surface area contributed by atoms with Crippen molar-refractivity contribution < 1.29 is 9.53 Å². The van der Waals surface area contributed by atoms with Crippen molar-refractivity contribution in [3.05, 3.63) is 65.6 Å². The van der Waals surface area contributed by atoms with Crippen LogP contribution in [0.2, 0.25) is 5.15 Å². The maximum atomic E-state index is 11.9. The molecular weight excluding hydrogens is 334 g/mol. The van der Waals surface area contributed by atoms with Gasteiger partial charge in [0.15, 0.2) is 5.15 Å². The lowest BCUT2D eigenvalue weighted by molar-refractivity contribution is 0.155. The van der Waals surface area contributed by atoms with E-state index < -0.39 is 6.09 Å². The van der Waals surface area contributed by atoms with Crippen LogP contribution in [0.1, 0.15) is 5.56 Å². The zero-order valence-corrected chi connectivity index (χ0v) is 13.5. The van der Waals surface area contributed by atoms with Gasteiger partial charge < -0.3 is 4.74 Å². The summed E-state index contributed by atoms with van der Waals surface area (Å²) in [5.41, 5.74) is 1.75. The predicted molar refractivity (Wildman–Crippen MR) is 90.6 cm³/mol. The lowest BCUT2D eigenvalue weighted by Gasteiger charge is -2.05. The maximum absolute atomic E-state index is 11.9. The average Bonchev–Trinajstić information content (AvgIpc) is 2.95. The summed E-state index contributed by atoms with van der Waals surface area (Å²) in [6.45, 7) is 0.193. The number of anilines is 1. The number of carbonyl (C=O) groups excluding carboxylic acids is 1. The molecule has 0 bridgehead atoms. The monoisotopic (exact) mass is 345 g/mol. The molecule has 1 aromatic carbocycles. The smallest absolute Gasteiger partial charge is 0.412 e. The van der Waals surface area contributed by atoms with Crippen molar-refractivity contribution >= 4 is 34.0 Å². The van der Waals surface area contributed by atoms with E-state index in [0.717, 1.165) is 11.1 Å². The molecule has 23 heavy (non-hydrogen) atoms. The highest BCUT2D eigenvalue weighted by Crippen LogP contribution is 2.34. The van der Waals surface area contributed by atoms with Crippen LogP contribution >= 0.6 is 22.9 Å². The number of amides is 1. The van der Waals surface area contributed by atoms with Crippen LogP contribution in [0.3, 0.4) is 0 Å². The molecule has 0 aliphatic heterocycles. The van der Waals surface area contributed by atoms with E-state index in [1.54, 1.807) is 12.4 Å². The summed E-state index contributed by atoms with van der Waals surface area (Å²) in [5.74, 6) is 0. The molecule has 0 fully saturated rings. The van der Waals surface area contributed by atoms with Gasteiger partial charge in [0.1, 0.15) is 16.6 Å². The van der Waals surface area contributed by atoms with Crippen LogP contribution in [0.15, 0.2) is 54.9 Å². The average molecular weight is 346 g/mol. The van der Waals surface area contributed by atoms with Crippen molar-refractivity contribution in [2.24, 2.45) is 0 Å². The Balaban J connectivity index is 1.64. The fourth-order valence-electron chi connectivity index (χ4n) is 1.84. The van der Waals surface area contributed by atoms with Gasteiger partial charge >= 0.3 is 6.09 Å². The molecule has 0 saturated heterocycles. The van der Waals surface area contributed by atoms with Gasteiger partial charge in [0.05, 0.1) is 0 Å². The van der Waals surface area contributed by atoms with Gasteiger partial charge in [-0.15, -0.1) is 0 Å². The Morgan fingerprint density at radius 2 is 2.04 bits per heavy atom. The molecule has 0 aliphatic rings. The summed E-state index contributed by atoms with van der Waals surface area (Å²) in [5, 5.41) is 3.97. The van der Waals surface area contributed by atoms with Crippen LogP contribution < -0.4 is 5.32 Å². The molecule has 0 spiro atoms. The Morgan fingerprint density at radius 3 is 2.78 bits per heavy atom. The summed E-state index contributed by atoms with van der Waals surface area (Å²) in [6.07, 6.45) is 2.79. The van der Waals surface area contributed by atoms with Gasteiger partial charge in [-0.05, 0) is 17.7 Å². The van der Waals surface area contributed by atoms with Gasteiger partial charge in [-0.1, -0.05) is 53.3 Å². The molecule has 116 valence electrons. The molecule has 2 aromatic heterocycles. The molecule has 1 amide bonds. The van der Waals surface area contributed by atoms with E-state index in [9.17, 15) is 4.79 Å². The number of nitrogens with zero attached hydrogens (tertiary/aromatic N) is 2. The number of nitrogens with one attached hydrogen (secondary N) is 1. The van der Waals surface area contributed by atoms with Crippen molar-refractivity contribution in [1.29, 1.82) is 0 Å². The van der Waals surface area contributed by atoms with E-state index in [4.69, 9.17) is 16.3 Å². The molecule has 0 aliphatic carbocycles. The highest BCUT2D eigenvalue weighted by molar-refractivity contribution is 7.19. The number of carbonyl (C=O) groups is 1. The fourth-order valence-corrected chi connectivity index (χ4v) is 2.97. The lowest BCUT2D eigenvalue weighted by atomic mass is 10.2. The third-order valence-electron chi connectivity index (χ3n) is 2.92. The maximum Gasteiger partial charge on any atom is 0.412 e. The first kappa shape index (κ1) is 15.5. The number of halogens is 1. The fraction of sp³-hybridized carbons (Fsp3) is 0.0625. The first-order chi connectivity index (χ1) is 11.2. The first-order valence-electron chi connectivity index (χ1n) is 6.77. The second-order valence-electron chi connectivity index (χ2n) is 4.57. The van der Waals surface area contributed by atoms with Gasteiger partial charge in [0, 0.05) is 18.0 Å². The third-order valence-corrected chi connectivity index (χ3v) is 4.33. The Morgan fingerprint density at radius 1 is 1.22 bits per heavy atom. The van der Waals surface area contributed by atoms with Crippen LogP contribution in [0.4, 0.5) is 9.80 Å². The van der Waals surface area contributed by atoms with Crippen LogP contribution in [-0.2, 0) is 11.3 Å². The second kappa shape index (κ2) is 7.21. The first-order valence-corrected chi connectivity index (χ1v) is 7.96. The minimum Gasteiger partial charge on any atom is -0.444 e. The van der Waals surface area contributed by atoms with Crippen LogP contribution in [0, 0.1) is 0 Å². The predicted octanol–water partition coefficient (Wildman–Crippen LogP) is 4.61. The lowest BCUT2D eigenvalue weighted by Crippen LogP contribution is -2.12. The summed E-state index contributed by atoms with van der Waals surface area (Å²) in [6, 6.07) is 13.1. The SMILES string of the molecule is O=C(Nc1sc(-c2cccnc2)nc1Cl)OCc1ccccc1. The Bertz CT molecular complexity index is 794. The standard InChI is InChI=1S/C16H12ClN3O2S/c17-13-15(23-14(19-13)12-7-4-8-18-9-12)20-16(21)22-10-11-5-2-1-3-6-11/h1-9H,10H2,(H,20,21). The quantitative estimate of drug-likeness (QED) is 0.750. The molecule has 0 radical (unpaired) electrons. The van der Waals surface area contributed by atoms with E-state index in [1.807, 2.05) is 42.5 Å². The zero-order valence-electron chi connectivity index (χ0n) is 11.9. The number of hydrogen-bond donors (Lipinski definition) is 1. The Labute approximate surface area is 141 Å². The van der Waals surface area contributed by atoms with Gasteiger partial charge in [-0.25, -0.2) is 9.78 Å². The molecule has 0 atom stereocenters. The van der Waals surface area contributed by atoms with E-state index >= 15 is 0 Å². The molecule has 0 unspecified atom stereocenters. The zero-order chi connectivity index (χ0) is 16.1. The molecule has 7 heteroatoms. The van der Waals surface area contributed by atoms with Crippen LogP contribution in [0.5, 0.6) is 0 Å². The number of hydrogen-bond acceptors (Lipinski definition) is 5. The molecule has 1 N–H and O–H groups in total. The van der Waals surface area contributed by atoms with Crippen molar-refractivity contribution in [2.45, 2.75) is 6.61 Å². The van der Waals surface area contributed by atoms with Gasteiger partial charge in [0.25, 0.3) is 0 Å². The highest BCUT2D eigenvalue weighted by Gasteiger charge is 2.14. The van der Waals surface area contributed by atoms with Crippen LogP contribution in [-0.4, -0.2) is 16.1 Å². The van der Waals surface area contributed by atoms with Crippen molar-refractivity contribution in [3.8, 4) is 10.6 Å². The minimum atomic E-state index is -0.572. The minimum absolute atomic E-state index is 0.193. The molecular formula is C16H12ClN3O2S. The third kappa shape index (κ3) is 4.06. The van der Waals surface area contributed by atoms with E-state index in [-0.39, 0.29) is 11.8 Å². The molecule has 0 saturated carbocycles. The van der Waals surface area contributed by atoms with Gasteiger partial charge in [-0.2, -0.15) is 0 Å². The van der Waals surface area contributed by atoms with Gasteiger partial charge in [0.2, 0.25) is 0 Å². The molecule has 2 heterocycles. The summed E-state index contributed by atoms with van der Waals surface area (Å²) in [4.78, 5) is 20.1. The van der Waals surface area contributed by atoms with Crippen LogP contribution in [0.25, 0.3) is 10.6 Å². The number of pyridine rings is 1. The Hall–Kier alpha value is -2.44. The van der Waals surface area contributed by atoms with Crippen molar-refractivity contribution in [1.82, 2.24) is 9.97 Å². The molecule has 3 aromatic rings. The van der Waals surface area contributed by atoms with Crippen molar-refractivity contribution in [3.63, 3.8) is 0 Å². The summed E-state index contributed by atoms with van der Waals surface area (Å²) in [7, 11) is 0. The largest absolute Gasteiger partial charge is 0.444 e. The highest BCUT2D eigenvalue weighted by atomic mass is 35.5. The van der Waals surface area contributed by atoms with E-state index in [0.29, 0.717) is 10.0 Å². The number of aromatic nitrogens is 2. The molecule has 5 nitrogen and oxygen atoms in total. The second-order valence-corrected chi connectivity index (χ2v) is 5.92. The topological polar surface area (TPSA) is 64.1 Å². The normalized spacial score (nSPS) is 10.3. The van der Waals surface area contributed by atoms with Crippen molar-refractivity contribution in [2.75, 3.05) is 5.32 Å². The number of rotatable bonds is 4. The van der Waals surface area contributed by atoms with E-state index in [2.05, 4.69) is 15.3 Å². The summed E-state index contributed by atoms with van der Waals surface area (Å²) >= 11 is 7.33. The number of ether oxygens (including phenoxy) is 1. The van der Waals surface area contributed by atoms with Gasteiger partial charge in [-0.3, -0.25) is 10.3 Å². The molecule has 3 rings (SSSR count).